The fraction of sp³-hybridized carbons (Fsp3) is 0. The number of aromatic nitrogens is 2. The molecule has 0 amide bonds. The molecule has 0 saturated carbocycles. The van der Waals surface area contributed by atoms with E-state index in [2.05, 4.69) is 15.2 Å². The van der Waals surface area contributed by atoms with Gasteiger partial charge in [-0.3, -0.25) is 4.40 Å². The summed E-state index contributed by atoms with van der Waals surface area (Å²) in [5.41, 5.74) is 13.3. The summed E-state index contributed by atoms with van der Waals surface area (Å²) >= 11 is 1.56. The normalized spacial score (nSPS) is 11.2. The van der Waals surface area contributed by atoms with Crippen LogP contribution in [0.1, 0.15) is 5.69 Å². The Bertz CT molecular complexity index is 780. The SMILES string of the molecule is NC(N)=N/N=C/c1c(-c2ccccc2)nc2sccn12. The number of nitrogens with two attached hydrogens (primary N) is 2. The second-order valence-electron chi connectivity index (χ2n) is 4.04. The number of imidazole rings is 1. The van der Waals surface area contributed by atoms with Gasteiger partial charge in [-0.2, -0.15) is 5.10 Å². The van der Waals surface area contributed by atoms with E-state index in [-0.39, 0.29) is 5.96 Å². The van der Waals surface area contributed by atoms with Crippen LogP contribution in [0.25, 0.3) is 16.2 Å². The lowest BCUT2D eigenvalue weighted by Gasteiger charge is -1.98. The monoisotopic (exact) mass is 284 g/mol. The summed E-state index contributed by atoms with van der Waals surface area (Å²) in [6.45, 7) is 0. The van der Waals surface area contributed by atoms with Gasteiger partial charge in [0.25, 0.3) is 0 Å². The van der Waals surface area contributed by atoms with Crippen LogP contribution in [-0.4, -0.2) is 21.6 Å². The minimum absolute atomic E-state index is 0.0754. The van der Waals surface area contributed by atoms with Gasteiger partial charge in [0, 0.05) is 17.1 Å². The minimum atomic E-state index is -0.0754. The maximum Gasteiger partial charge on any atom is 0.211 e. The third-order valence-corrected chi connectivity index (χ3v) is 3.46. The van der Waals surface area contributed by atoms with Gasteiger partial charge in [-0.05, 0) is 0 Å². The summed E-state index contributed by atoms with van der Waals surface area (Å²) < 4.78 is 1.96. The second-order valence-corrected chi connectivity index (χ2v) is 4.91. The fourth-order valence-corrected chi connectivity index (χ4v) is 2.61. The topological polar surface area (TPSA) is 94.1 Å². The first kappa shape index (κ1) is 12.4. The van der Waals surface area contributed by atoms with Gasteiger partial charge in [-0.25, -0.2) is 4.98 Å². The van der Waals surface area contributed by atoms with Crippen LogP contribution in [0.3, 0.4) is 0 Å². The Morgan fingerprint density at radius 3 is 2.80 bits per heavy atom. The molecule has 2 aromatic heterocycles. The van der Waals surface area contributed by atoms with E-state index in [9.17, 15) is 0 Å². The largest absolute Gasteiger partial charge is 0.369 e. The Hall–Kier alpha value is -2.67. The average molecular weight is 284 g/mol. The van der Waals surface area contributed by atoms with Gasteiger partial charge in [0.05, 0.1) is 17.6 Å². The van der Waals surface area contributed by atoms with E-state index in [0.717, 1.165) is 21.9 Å². The highest BCUT2D eigenvalue weighted by Gasteiger charge is 2.12. The summed E-state index contributed by atoms with van der Waals surface area (Å²) in [6.07, 6.45) is 3.55. The smallest absolute Gasteiger partial charge is 0.211 e. The summed E-state index contributed by atoms with van der Waals surface area (Å²) in [4.78, 5) is 5.52. The number of hydrogen-bond acceptors (Lipinski definition) is 4. The Morgan fingerprint density at radius 2 is 2.05 bits per heavy atom. The van der Waals surface area contributed by atoms with E-state index in [1.54, 1.807) is 17.6 Å². The lowest BCUT2D eigenvalue weighted by molar-refractivity contribution is 1.18. The lowest BCUT2D eigenvalue weighted by Crippen LogP contribution is -2.21. The molecule has 0 aliphatic carbocycles. The molecule has 3 aromatic rings. The Kier molecular flexibility index (Phi) is 3.18. The van der Waals surface area contributed by atoms with Gasteiger partial charge in [0.2, 0.25) is 5.96 Å². The van der Waals surface area contributed by atoms with Crippen LogP contribution in [0.2, 0.25) is 0 Å². The first-order valence-corrected chi connectivity index (χ1v) is 6.76. The van der Waals surface area contributed by atoms with Crippen LogP contribution in [-0.2, 0) is 0 Å². The van der Waals surface area contributed by atoms with Crippen LogP contribution < -0.4 is 11.5 Å². The van der Waals surface area contributed by atoms with Gasteiger partial charge in [-0.15, -0.1) is 16.4 Å². The highest BCUT2D eigenvalue weighted by molar-refractivity contribution is 7.15. The summed E-state index contributed by atoms with van der Waals surface area (Å²) in [7, 11) is 0. The number of fused-ring (bicyclic) bond motifs is 1. The molecule has 6 nitrogen and oxygen atoms in total. The zero-order valence-corrected chi connectivity index (χ0v) is 11.3. The summed E-state index contributed by atoms with van der Waals surface area (Å²) in [5.74, 6) is -0.0754. The van der Waals surface area contributed by atoms with Gasteiger partial charge in [0.1, 0.15) is 0 Å². The molecule has 0 aliphatic heterocycles. The molecule has 3 rings (SSSR count). The molecule has 1 aromatic carbocycles. The maximum absolute atomic E-state index is 5.27. The number of nitrogens with zero attached hydrogens (tertiary/aromatic N) is 4. The quantitative estimate of drug-likeness (QED) is 0.435. The zero-order chi connectivity index (χ0) is 13.9. The van der Waals surface area contributed by atoms with Crippen LogP contribution in [0.5, 0.6) is 0 Å². The molecule has 0 bridgehead atoms. The molecule has 0 radical (unpaired) electrons. The predicted molar refractivity (Wildman–Crippen MR) is 81.9 cm³/mol. The van der Waals surface area contributed by atoms with Gasteiger partial charge < -0.3 is 11.5 Å². The van der Waals surface area contributed by atoms with E-state index >= 15 is 0 Å². The van der Waals surface area contributed by atoms with Crippen molar-refractivity contribution in [1.29, 1.82) is 0 Å². The zero-order valence-electron chi connectivity index (χ0n) is 10.5. The number of guanidine groups is 1. The van der Waals surface area contributed by atoms with Crippen molar-refractivity contribution in [3.63, 3.8) is 0 Å². The highest BCUT2D eigenvalue weighted by atomic mass is 32.1. The van der Waals surface area contributed by atoms with Gasteiger partial charge in [-0.1, -0.05) is 30.3 Å². The van der Waals surface area contributed by atoms with E-state index in [0.29, 0.717) is 0 Å². The van der Waals surface area contributed by atoms with E-state index < -0.39 is 0 Å². The molecule has 0 atom stereocenters. The van der Waals surface area contributed by atoms with Crippen LogP contribution >= 0.6 is 11.3 Å². The minimum Gasteiger partial charge on any atom is -0.369 e. The molecule has 0 aliphatic rings. The molecule has 4 N–H and O–H groups in total. The van der Waals surface area contributed by atoms with Crippen molar-refractivity contribution in [3.8, 4) is 11.3 Å². The number of hydrogen-bond donors (Lipinski definition) is 2. The van der Waals surface area contributed by atoms with Crippen molar-refractivity contribution in [2.45, 2.75) is 0 Å². The van der Waals surface area contributed by atoms with Crippen molar-refractivity contribution in [2.24, 2.45) is 21.7 Å². The van der Waals surface area contributed by atoms with Crippen LogP contribution in [0.15, 0.2) is 52.1 Å². The number of thiazole rings is 1. The Labute approximate surface area is 119 Å². The summed E-state index contributed by atoms with van der Waals surface area (Å²) in [5, 5.41) is 9.48. The van der Waals surface area contributed by atoms with Crippen molar-refractivity contribution in [1.82, 2.24) is 9.38 Å². The first-order chi connectivity index (χ1) is 9.75. The standard InChI is InChI=1S/C13H12N6S/c14-12(15)18-16-8-10-11(9-4-2-1-3-5-9)17-13-19(10)6-7-20-13/h1-8H,(H4,14,15,18)/b16-8+. The fourth-order valence-electron chi connectivity index (χ4n) is 1.89. The third-order valence-electron chi connectivity index (χ3n) is 2.70. The molecule has 0 spiro atoms. The number of benzene rings is 1. The van der Waals surface area contributed by atoms with Crippen molar-refractivity contribution >= 4 is 28.5 Å². The van der Waals surface area contributed by atoms with Crippen LogP contribution in [0, 0.1) is 0 Å². The molecule has 20 heavy (non-hydrogen) atoms. The van der Waals surface area contributed by atoms with E-state index in [4.69, 9.17) is 11.5 Å². The molecule has 0 saturated heterocycles. The molecule has 0 fully saturated rings. The van der Waals surface area contributed by atoms with Crippen LogP contribution in [0.4, 0.5) is 0 Å². The Morgan fingerprint density at radius 1 is 1.25 bits per heavy atom. The average Bonchev–Trinajstić information content (AvgIpc) is 3.01. The molecule has 100 valence electrons. The maximum atomic E-state index is 5.27. The molecule has 0 unspecified atom stereocenters. The van der Waals surface area contributed by atoms with Gasteiger partial charge in [0.15, 0.2) is 4.96 Å². The highest BCUT2D eigenvalue weighted by Crippen LogP contribution is 2.25. The van der Waals surface area contributed by atoms with Crippen molar-refractivity contribution in [2.75, 3.05) is 0 Å². The third kappa shape index (κ3) is 2.26. The second kappa shape index (κ2) is 5.14. The Balaban J connectivity index is 2.14. The molecule has 2 heterocycles. The van der Waals surface area contributed by atoms with E-state index in [1.807, 2.05) is 46.3 Å². The lowest BCUT2D eigenvalue weighted by atomic mass is 10.1. The molecular formula is C13H12N6S. The van der Waals surface area contributed by atoms with Gasteiger partial charge >= 0.3 is 0 Å². The summed E-state index contributed by atoms with van der Waals surface area (Å²) in [6, 6.07) is 9.92. The number of rotatable bonds is 3. The molecule has 7 heteroatoms. The van der Waals surface area contributed by atoms with E-state index in [1.165, 1.54) is 0 Å². The van der Waals surface area contributed by atoms with Crippen molar-refractivity contribution < 1.29 is 0 Å². The predicted octanol–water partition coefficient (Wildman–Crippen LogP) is 1.67. The van der Waals surface area contributed by atoms with Crippen molar-refractivity contribution in [3.05, 3.63) is 47.6 Å². The molecular weight excluding hydrogens is 272 g/mol. The first-order valence-electron chi connectivity index (χ1n) is 5.88.